The van der Waals surface area contributed by atoms with Crippen molar-refractivity contribution in [3.8, 4) is 28.6 Å². The van der Waals surface area contributed by atoms with E-state index in [4.69, 9.17) is 14.5 Å². The monoisotopic (exact) mass is 451 g/mol. The number of carbonyl (C=O) groups excluding carboxylic acids is 1. The highest BCUT2D eigenvalue weighted by Gasteiger charge is 2.16. The number of ether oxygens (including phenoxy) is 2. The second-order valence-corrected chi connectivity index (χ2v) is 7.45. The molecule has 8 heteroatoms. The van der Waals surface area contributed by atoms with Gasteiger partial charge in [0.15, 0.2) is 17.3 Å². The molecule has 2 aromatic carbocycles. The molecule has 5 rings (SSSR count). The molecule has 0 saturated heterocycles. The first-order valence-corrected chi connectivity index (χ1v) is 10.6. The Morgan fingerprint density at radius 2 is 1.79 bits per heavy atom. The molecule has 0 aliphatic heterocycles. The van der Waals surface area contributed by atoms with Gasteiger partial charge in [-0.1, -0.05) is 18.2 Å². The molecule has 34 heavy (non-hydrogen) atoms. The third-order valence-corrected chi connectivity index (χ3v) is 5.38. The number of carbonyl (C=O) groups is 1. The molecule has 1 N–H and O–H groups in total. The highest BCUT2D eigenvalue weighted by atomic mass is 16.5. The summed E-state index contributed by atoms with van der Waals surface area (Å²) in [6.07, 6.45) is 5.09. The minimum Gasteiger partial charge on any atom is -0.493 e. The Balaban J connectivity index is 1.51. The molecular formula is C26H21N5O3. The van der Waals surface area contributed by atoms with Gasteiger partial charge >= 0.3 is 0 Å². The number of anilines is 1. The average Bonchev–Trinajstić information content (AvgIpc) is 3.43. The predicted molar refractivity (Wildman–Crippen MR) is 130 cm³/mol. The first kappa shape index (κ1) is 21.1. The van der Waals surface area contributed by atoms with Crippen LogP contribution in [-0.2, 0) is 0 Å². The van der Waals surface area contributed by atoms with Crippen LogP contribution in [0.4, 0.5) is 5.69 Å². The highest BCUT2D eigenvalue weighted by Crippen LogP contribution is 2.33. The van der Waals surface area contributed by atoms with E-state index >= 15 is 0 Å². The van der Waals surface area contributed by atoms with E-state index in [1.807, 2.05) is 48.5 Å². The topological polar surface area (TPSA) is 91.2 Å². The smallest absolute Gasteiger partial charge is 0.256 e. The second kappa shape index (κ2) is 9.03. The Morgan fingerprint density at radius 3 is 2.53 bits per heavy atom. The minimum absolute atomic E-state index is 0.256. The van der Waals surface area contributed by atoms with Crippen molar-refractivity contribution < 1.29 is 14.3 Å². The zero-order valence-corrected chi connectivity index (χ0v) is 18.6. The second-order valence-electron chi connectivity index (χ2n) is 7.45. The Morgan fingerprint density at radius 1 is 0.941 bits per heavy atom. The molecule has 0 radical (unpaired) electrons. The van der Waals surface area contributed by atoms with Crippen LogP contribution in [-0.4, -0.2) is 39.9 Å². The number of methoxy groups -OCH3 is 2. The summed E-state index contributed by atoms with van der Waals surface area (Å²) in [6, 6.07) is 20.3. The molecular weight excluding hydrogens is 430 g/mol. The van der Waals surface area contributed by atoms with Crippen LogP contribution in [0.2, 0.25) is 0 Å². The van der Waals surface area contributed by atoms with Crippen LogP contribution in [0.5, 0.6) is 11.5 Å². The molecule has 0 atom stereocenters. The molecule has 8 nitrogen and oxygen atoms in total. The minimum atomic E-state index is -0.256. The maximum Gasteiger partial charge on any atom is 0.256 e. The van der Waals surface area contributed by atoms with Crippen LogP contribution >= 0.6 is 0 Å². The van der Waals surface area contributed by atoms with Gasteiger partial charge in [0.25, 0.3) is 5.91 Å². The molecule has 0 aliphatic carbocycles. The van der Waals surface area contributed by atoms with Crippen LogP contribution in [0.15, 0.2) is 85.3 Å². The van der Waals surface area contributed by atoms with Crippen molar-refractivity contribution in [2.24, 2.45) is 0 Å². The molecule has 3 heterocycles. The fourth-order valence-electron chi connectivity index (χ4n) is 3.70. The van der Waals surface area contributed by atoms with Crippen molar-refractivity contribution in [3.05, 3.63) is 90.9 Å². The number of fused-ring (bicyclic) bond motifs is 1. The number of nitrogens with one attached hydrogen (secondary N) is 1. The largest absolute Gasteiger partial charge is 0.493 e. The molecule has 0 spiro atoms. The number of hydrogen-bond acceptors (Lipinski definition) is 6. The third kappa shape index (κ3) is 4.04. The molecule has 168 valence electrons. The van der Waals surface area contributed by atoms with E-state index in [1.54, 1.807) is 55.7 Å². The van der Waals surface area contributed by atoms with Gasteiger partial charge in [-0.05, 0) is 48.5 Å². The van der Waals surface area contributed by atoms with Crippen molar-refractivity contribution in [1.82, 2.24) is 19.7 Å². The van der Waals surface area contributed by atoms with Gasteiger partial charge in [0.1, 0.15) is 0 Å². The molecule has 0 unspecified atom stereocenters. The van der Waals surface area contributed by atoms with Crippen molar-refractivity contribution >= 4 is 22.5 Å². The summed E-state index contributed by atoms with van der Waals surface area (Å²) in [5.41, 5.74) is 3.26. The van der Waals surface area contributed by atoms with Gasteiger partial charge in [-0.2, -0.15) is 5.10 Å². The standard InChI is InChI=1S/C26H21N5O3/c1-33-23-10-8-17(14-24(23)34-2)22-15-20(19-6-3-4-7-21(19)30-22)26(32)29-18-9-11-25(27-16-18)31-13-5-12-28-31/h3-16H,1-2H3,(H,29,32). The van der Waals surface area contributed by atoms with E-state index in [0.717, 1.165) is 10.9 Å². The summed E-state index contributed by atoms with van der Waals surface area (Å²) in [5.74, 6) is 1.61. The van der Waals surface area contributed by atoms with Crippen molar-refractivity contribution in [2.45, 2.75) is 0 Å². The number of pyridine rings is 2. The molecule has 0 aliphatic rings. The first-order chi connectivity index (χ1) is 16.7. The quantitative estimate of drug-likeness (QED) is 0.401. The van der Waals surface area contributed by atoms with E-state index in [9.17, 15) is 4.79 Å². The van der Waals surface area contributed by atoms with E-state index in [0.29, 0.717) is 39.8 Å². The van der Waals surface area contributed by atoms with E-state index in [2.05, 4.69) is 15.4 Å². The number of rotatable bonds is 6. The Hall–Kier alpha value is -4.72. The van der Waals surface area contributed by atoms with Gasteiger partial charge < -0.3 is 14.8 Å². The van der Waals surface area contributed by atoms with Gasteiger partial charge in [-0.25, -0.2) is 14.6 Å². The summed E-state index contributed by atoms with van der Waals surface area (Å²) < 4.78 is 12.4. The Labute approximate surface area is 195 Å². The summed E-state index contributed by atoms with van der Waals surface area (Å²) in [7, 11) is 3.17. The summed E-state index contributed by atoms with van der Waals surface area (Å²) in [4.78, 5) is 22.5. The zero-order chi connectivity index (χ0) is 23.5. The molecule has 0 fully saturated rings. The average molecular weight is 451 g/mol. The number of aromatic nitrogens is 4. The third-order valence-electron chi connectivity index (χ3n) is 5.38. The Kier molecular flexibility index (Phi) is 5.61. The van der Waals surface area contributed by atoms with E-state index < -0.39 is 0 Å². The summed E-state index contributed by atoms with van der Waals surface area (Å²) >= 11 is 0. The summed E-state index contributed by atoms with van der Waals surface area (Å²) in [6.45, 7) is 0. The van der Waals surface area contributed by atoms with Crippen molar-refractivity contribution in [2.75, 3.05) is 19.5 Å². The van der Waals surface area contributed by atoms with Crippen molar-refractivity contribution in [3.63, 3.8) is 0 Å². The number of nitrogens with zero attached hydrogens (tertiary/aromatic N) is 4. The molecule has 0 saturated carbocycles. The molecule has 1 amide bonds. The van der Waals surface area contributed by atoms with Crippen LogP contribution in [0, 0.1) is 0 Å². The number of hydrogen-bond donors (Lipinski definition) is 1. The molecule has 5 aromatic rings. The van der Waals surface area contributed by atoms with Gasteiger partial charge in [-0.3, -0.25) is 4.79 Å². The normalized spacial score (nSPS) is 10.8. The van der Waals surface area contributed by atoms with Gasteiger partial charge in [0, 0.05) is 23.3 Å². The van der Waals surface area contributed by atoms with Crippen LogP contribution in [0.1, 0.15) is 10.4 Å². The van der Waals surface area contributed by atoms with Crippen LogP contribution in [0.3, 0.4) is 0 Å². The highest BCUT2D eigenvalue weighted by molar-refractivity contribution is 6.13. The lowest BCUT2D eigenvalue weighted by Gasteiger charge is -2.12. The predicted octanol–water partition coefficient (Wildman–Crippen LogP) is 4.75. The van der Waals surface area contributed by atoms with Gasteiger partial charge in [0.2, 0.25) is 0 Å². The van der Waals surface area contributed by atoms with E-state index in [-0.39, 0.29) is 5.91 Å². The Bertz CT molecular complexity index is 1460. The lowest BCUT2D eigenvalue weighted by atomic mass is 10.0. The maximum absolute atomic E-state index is 13.3. The number of benzene rings is 2. The van der Waals surface area contributed by atoms with Crippen LogP contribution in [0.25, 0.3) is 28.0 Å². The number of para-hydroxylation sites is 1. The fourth-order valence-corrected chi connectivity index (χ4v) is 3.70. The lowest BCUT2D eigenvalue weighted by Crippen LogP contribution is -2.13. The number of amides is 1. The first-order valence-electron chi connectivity index (χ1n) is 10.6. The van der Waals surface area contributed by atoms with E-state index in [1.165, 1.54) is 0 Å². The van der Waals surface area contributed by atoms with Gasteiger partial charge in [-0.15, -0.1) is 0 Å². The SMILES string of the molecule is COc1ccc(-c2cc(C(=O)Nc3ccc(-n4cccn4)nc3)c3ccccc3n2)cc1OC. The van der Waals surface area contributed by atoms with Crippen LogP contribution < -0.4 is 14.8 Å². The summed E-state index contributed by atoms with van der Waals surface area (Å²) in [5, 5.41) is 7.86. The molecule has 0 bridgehead atoms. The fraction of sp³-hybridized carbons (Fsp3) is 0.0769. The lowest BCUT2D eigenvalue weighted by molar-refractivity contribution is 0.102. The zero-order valence-electron chi connectivity index (χ0n) is 18.6. The molecule has 3 aromatic heterocycles. The van der Waals surface area contributed by atoms with Crippen molar-refractivity contribution in [1.29, 1.82) is 0 Å². The van der Waals surface area contributed by atoms with Gasteiger partial charge in [0.05, 0.1) is 42.9 Å². The maximum atomic E-state index is 13.3.